The highest BCUT2D eigenvalue weighted by atomic mass is 16.5. The smallest absolute Gasteiger partial charge is 0.213 e. The van der Waals surface area contributed by atoms with E-state index in [-0.39, 0.29) is 0 Å². The highest BCUT2D eigenvalue weighted by Crippen LogP contribution is 2.09. The van der Waals surface area contributed by atoms with Gasteiger partial charge in [0.15, 0.2) is 5.82 Å². The third-order valence-corrected chi connectivity index (χ3v) is 1.59. The fourth-order valence-corrected chi connectivity index (χ4v) is 0.966. The van der Waals surface area contributed by atoms with Crippen molar-refractivity contribution in [3.05, 3.63) is 12.2 Å². The van der Waals surface area contributed by atoms with Crippen molar-refractivity contribution in [1.82, 2.24) is 15.5 Å². The Labute approximate surface area is 78.7 Å². The predicted octanol–water partition coefficient (Wildman–Crippen LogP) is 1.25. The van der Waals surface area contributed by atoms with Crippen LogP contribution in [0.15, 0.2) is 10.9 Å². The third kappa shape index (κ3) is 4.62. The first-order valence-electron chi connectivity index (χ1n) is 4.54. The van der Waals surface area contributed by atoms with Crippen LogP contribution in [-0.4, -0.2) is 23.2 Å². The van der Waals surface area contributed by atoms with Crippen LogP contribution in [0, 0.1) is 5.41 Å². The largest absolute Gasteiger partial charge is 0.343 e. The molecule has 0 unspecified atom stereocenters. The molecule has 1 aromatic heterocycles. The van der Waals surface area contributed by atoms with Crippen molar-refractivity contribution in [2.45, 2.75) is 27.2 Å². The van der Waals surface area contributed by atoms with Crippen LogP contribution >= 0.6 is 0 Å². The minimum absolute atomic E-state index is 0.331. The molecule has 74 valence electrons. The monoisotopic (exact) mass is 183 g/mol. The summed E-state index contributed by atoms with van der Waals surface area (Å²) in [4.78, 5) is 3.93. The topological polar surface area (TPSA) is 51.0 Å². The summed E-state index contributed by atoms with van der Waals surface area (Å²) in [6.07, 6.45) is 2.19. The van der Waals surface area contributed by atoms with E-state index >= 15 is 0 Å². The maximum absolute atomic E-state index is 4.62. The SMILES string of the molecule is CC(C)(C)CNCCc1ncon1. The number of nitrogens with one attached hydrogen (secondary N) is 1. The Bertz CT molecular complexity index is 226. The van der Waals surface area contributed by atoms with E-state index in [0.29, 0.717) is 5.41 Å². The molecule has 0 saturated carbocycles. The number of hydrogen-bond donors (Lipinski definition) is 1. The second-order valence-corrected chi connectivity index (χ2v) is 4.33. The van der Waals surface area contributed by atoms with Gasteiger partial charge in [-0.2, -0.15) is 4.98 Å². The lowest BCUT2D eigenvalue weighted by molar-refractivity contribution is 0.378. The molecule has 1 rings (SSSR count). The lowest BCUT2D eigenvalue weighted by Gasteiger charge is -2.18. The van der Waals surface area contributed by atoms with Crippen molar-refractivity contribution in [1.29, 1.82) is 0 Å². The lowest BCUT2D eigenvalue weighted by atomic mass is 9.97. The first kappa shape index (κ1) is 10.2. The molecule has 0 spiro atoms. The first-order chi connectivity index (χ1) is 6.08. The van der Waals surface area contributed by atoms with Crippen LogP contribution in [0.5, 0.6) is 0 Å². The summed E-state index contributed by atoms with van der Waals surface area (Å²) in [7, 11) is 0. The Morgan fingerprint density at radius 2 is 2.23 bits per heavy atom. The molecule has 1 heterocycles. The van der Waals surface area contributed by atoms with Crippen LogP contribution in [0.1, 0.15) is 26.6 Å². The number of rotatable bonds is 4. The Morgan fingerprint density at radius 3 is 2.77 bits per heavy atom. The van der Waals surface area contributed by atoms with Crippen molar-refractivity contribution in [2.24, 2.45) is 5.41 Å². The molecule has 0 radical (unpaired) electrons. The van der Waals surface area contributed by atoms with Gasteiger partial charge in [0, 0.05) is 19.5 Å². The van der Waals surface area contributed by atoms with Crippen molar-refractivity contribution in [2.75, 3.05) is 13.1 Å². The van der Waals surface area contributed by atoms with Gasteiger partial charge in [0.1, 0.15) is 0 Å². The molecule has 0 aliphatic carbocycles. The van der Waals surface area contributed by atoms with E-state index < -0.39 is 0 Å². The summed E-state index contributed by atoms with van der Waals surface area (Å²) in [5, 5.41) is 7.07. The molecule has 0 bridgehead atoms. The third-order valence-electron chi connectivity index (χ3n) is 1.59. The Kier molecular flexibility index (Phi) is 3.42. The first-order valence-corrected chi connectivity index (χ1v) is 4.54. The van der Waals surface area contributed by atoms with Gasteiger partial charge in [-0.05, 0) is 5.41 Å². The van der Waals surface area contributed by atoms with Crippen LogP contribution < -0.4 is 5.32 Å². The van der Waals surface area contributed by atoms with Crippen molar-refractivity contribution >= 4 is 0 Å². The maximum atomic E-state index is 4.62. The van der Waals surface area contributed by atoms with E-state index in [9.17, 15) is 0 Å². The van der Waals surface area contributed by atoms with E-state index in [1.54, 1.807) is 0 Å². The lowest BCUT2D eigenvalue weighted by Crippen LogP contribution is -2.28. The highest BCUT2D eigenvalue weighted by molar-refractivity contribution is 4.79. The fourth-order valence-electron chi connectivity index (χ4n) is 0.966. The normalized spacial score (nSPS) is 11.9. The molecule has 0 fully saturated rings. The minimum atomic E-state index is 0.331. The molecule has 0 saturated heterocycles. The zero-order valence-electron chi connectivity index (χ0n) is 8.50. The number of nitrogens with zero attached hydrogens (tertiary/aromatic N) is 2. The van der Waals surface area contributed by atoms with E-state index in [1.165, 1.54) is 6.39 Å². The molecule has 0 aliphatic rings. The van der Waals surface area contributed by atoms with E-state index in [0.717, 1.165) is 25.3 Å². The summed E-state index contributed by atoms with van der Waals surface area (Å²) in [5.41, 5.74) is 0.331. The summed E-state index contributed by atoms with van der Waals surface area (Å²) < 4.78 is 4.62. The molecule has 4 nitrogen and oxygen atoms in total. The van der Waals surface area contributed by atoms with Crippen LogP contribution in [0.2, 0.25) is 0 Å². The van der Waals surface area contributed by atoms with Gasteiger partial charge >= 0.3 is 0 Å². The summed E-state index contributed by atoms with van der Waals surface area (Å²) in [5.74, 6) is 0.765. The molecule has 1 N–H and O–H groups in total. The zero-order valence-corrected chi connectivity index (χ0v) is 8.50. The number of hydrogen-bond acceptors (Lipinski definition) is 4. The Morgan fingerprint density at radius 1 is 1.46 bits per heavy atom. The van der Waals surface area contributed by atoms with Crippen LogP contribution in [0.25, 0.3) is 0 Å². The summed E-state index contributed by atoms with van der Waals surface area (Å²) >= 11 is 0. The molecule has 0 atom stereocenters. The average Bonchev–Trinajstić information content (AvgIpc) is 2.48. The molecule has 0 aliphatic heterocycles. The quantitative estimate of drug-likeness (QED) is 0.714. The van der Waals surface area contributed by atoms with Crippen molar-refractivity contribution < 1.29 is 4.52 Å². The second kappa shape index (κ2) is 4.37. The van der Waals surface area contributed by atoms with E-state index in [1.807, 2.05) is 0 Å². The molecule has 4 heteroatoms. The minimum Gasteiger partial charge on any atom is -0.343 e. The van der Waals surface area contributed by atoms with Gasteiger partial charge in [-0.3, -0.25) is 0 Å². The Balaban J connectivity index is 2.09. The van der Waals surface area contributed by atoms with Gasteiger partial charge in [-0.15, -0.1) is 0 Å². The summed E-state index contributed by atoms with van der Waals surface area (Å²) in [6, 6.07) is 0. The van der Waals surface area contributed by atoms with Crippen molar-refractivity contribution in [3.63, 3.8) is 0 Å². The van der Waals surface area contributed by atoms with Gasteiger partial charge in [-0.1, -0.05) is 25.9 Å². The van der Waals surface area contributed by atoms with Gasteiger partial charge < -0.3 is 9.84 Å². The van der Waals surface area contributed by atoms with Crippen LogP contribution in [0.3, 0.4) is 0 Å². The molecule has 1 aromatic rings. The highest BCUT2D eigenvalue weighted by Gasteiger charge is 2.08. The fraction of sp³-hybridized carbons (Fsp3) is 0.778. The number of aromatic nitrogens is 2. The van der Waals surface area contributed by atoms with Gasteiger partial charge in [0.05, 0.1) is 0 Å². The van der Waals surface area contributed by atoms with Gasteiger partial charge in [-0.25, -0.2) is 0 Å². The summed E-state index contributed by atoms with van der Waals surface area (Å²) in [6.45, 7) is 8.51. The van der Waals surface area contributed by atoms with E-state index in [2.05, 4.69) is 40.8 Å². The predicted molar refractivity (Wildman–Crippen MR) is 50.3 cm³/mol. The molecule has 0 aromatic carbocycles. The molecule has 0 amide bonds. The standard InChI is InChI=1S/C9H17N3O/c1-9(2,3)6-10-5-4-8-11-7-13-12-8/h7,10H,4-6H2,1-3H3. The van der Waals surface area contributed by atoms with Crippen LogP contribution in [0.4, 0.5) is 0 Å². The van der Waals surface area contributed by atoms with Crippen molar-refractivity contribution in [3.8, 4) is 0 Å². The molecular weight excluding hydrogens is 166 g/mol. The van der Waals surface area contributed by atoms with Gasteiger partial charge in [0.25, 0.3) is 0 Å². The molecular formula is C9H17N3O. The average molecular weight is 183 g/mol. The van der Waals surface area contributed by atoms with E-state index in [4.69, 9.17) is 0 Å². The Hall–Kier alpha value is -0.900. The zero-order chi connectivity index (χ0) is 9.73. The van der Waals surface area contributed by atoms with Crippen LogP contribution in [-0.2, 0) is 6.42 Å². The second-order valence-electron chi connectivity index (χ2n) is 4.33. The molecule has 13 heavy (non-hydrogen) atoms. The maximum Gasteiger partial charge on any atom is 0.213 e. The van der Waals surface area contributed by atoms with Gasteiger partial charge in [0.2, 0.25) is 6.39 Å².